The second kappa shape index (κ2) is 7.22. The molecule has 0 unspecified atom stereocenters. The van der Waals surface area contributed by atoms with Gasteiger partial charge in [-0.15, -0.1) is 0 Å². The Hall–Kier alpha value is -3.16. The minimum absolute atomic E-state index is 0.161. The molecular weight excluding hydrogens is 361 g/mol. The number of anilines is 1. The van der Waals surface area contributed by atoms with E-state index in [0.717, 1.165) is 11.5 Å². The number of hydrogen-bond donors (Lipinski definition) is 1. The summed E-state index contributed by atoms with van der Waals surface area (Å²) < 4.78 is 51.4. The first-order chi connectivity index (χ1) is 12.8. The molecule has 0 bridgehead atoms. The minimum atomic E-state index is -4.55. The summed E-state index contributed by atoms with van der Waals surface area (Å²) in [6.45, 7) is -0.161. The highest BCUT2D eigenvalue weighted by molar-refractivity contribution is 5.94. The molecule has 0 atom stereocenters. The van der Waals surface area contributed by atoms with E-state index in [1.807, 2.05) is 0 Å². The number of para-hydroxylation sites is 1. The largest absolute Gasteiger partial charge is 0.497 e. The molecule has 1 aromatic heterocycles. The van der Waals surface area contributed by atoms with E-state index in [1.54, 1.807) is 29.0 Å². The fourth-order valence-corrected chi connectivity index (χ4v) is 2.85. The molecule has 8 heteroatoms. The molecule has 0 saturated heterocycles. The molecule has 3 aromatic rings. The van der Waals surface area contributed by atoms with Gasteiger partial charge in [-0.3, -0.25) is 4.79 Å². The van der Waals surface area contributed by atoms with E-state index in [9.17, 15) is 18.0 Å². The van der Waals surface area contributed by atoms with Crippen molar-refractivity contribution in [2.24, 2.45) is 0 Å². The monoisotopic (exact) mass is 378 g/mol. The van der Waals surface area contributed by atoms with Gasteiger partial charge < -0.3 is 19.4 Å². The smallest absolute Gasteiger partial charge is 0.418 e. The number of carbonyl (C=O) groups excluding carboxylic acids is 1. The van der Waals surface area contributed by atoms with Crippen molar-refractivity contribution in [3.63, 3.8) is 0 Å². The van der Waals surface area contributed by atoms with Gasteiger partial charge in [0, 0.05) is 23.7 Å². The second-order valence-corrected chi connectivity index (χ2v) is 5.80. The van der Waals surface area contributed by atoms with Crippen molar-refractivity contribution in [2.45, 2.75) is 12.7 Å². The molecule has 1 amide bonds. The Labute approximate surface area is 153 Å². The van der Waals surface area contributed by atoms with Crippen molar-refractivity contribution in [3.8, 4) is 11.5 Å². The number of halogens is 3. The van der Waals surface area contributed by atoms with Gasteiger partial charge >= 0.3 is 6.18 Å². The highest BCUT2D eigenvalue weighted by Gasteiger charge is 2.33. The van der Waals surface area contributed by atoms with Crippen LogP contribution in [0.4, 0.5) is 18.9 Å². The molecule has 2 aromatic carbocycles. The van der Waals surface area contributed by atoms with Gasteiger partial charge in [-0.1, -0.05) is 12.1 Å². The van der Waals surface area contributed by atoms with Gasteiger partial charge in [-0.05, 0) is 18.2 Å². The Balaban J connectivity index is 1.88. The molecule has 0 aliphatic carbocycles. The maximum absolute atomic E-state index is 13.1. The first-order valence-electron chi connectivity index (χ1n) is 8.00. The highest BCUT2D eigenvalue weighted by Crippen LogP contribution is 2.35. The summed E-state index contributed by atoms with van der Waals surface area (Å²) in [5, 5.41) is 3.10. The number of benzene rings is 2. The number of ether oxygens (including phenoxy) is 2. The quantitative estimate of drug-likeness (QED) is 0.720. The van der Waals surface area contributed by atoms with E-state index in [1.165, 1.54) is 32.4 Å². The Kier molecular flexibility index (Phi) is 4.98. The van der Waals surface area contributed by atoms with Gasteiger partial charge in [0.25, 0.3) is 0 Å². The second-order valence-electron chi connectivity index (χ2n) is 5.80. The zero-order valence-electron chi connectivity index (χ0n) is 14.6. The lowest BCUT2D eigenvalue weighted by Crippen LogP contribution is -2.20. The van der Waals surface area contributed by atoms with Crippen molar-refractivity contribution in [1.82, 2.24) is 4.57 Å². The summed E-state index contributed by atoms with van der Waals surface area (Å²) >= 11 is 0. The van der Waals surface area contributed by atoms with Crippen LogP contribution in [0, 0.1) is 0 Å². The van der Waals surface area contributed by atoms with E-state index in [2.05, 4.69) is 5.32 Å². The van der Waals surface area contributed by atoms with Gasteiger partial charge in [0.05, 0.1) is 31.0 Å². The van der Waals surface area contributed by atoms with Crippen LogP contribution in [0.15, 0.2) is 48.7 Å². The zero-order valence-corrected chi connectivity index (χ0v) is 14.6. The van der Waals surface area contributed by atoms with Crippen LogP contribution in [0.1, 0.15) is 5.56 Å². The first-order valence-corrected chi connectivity index (χ1v) is 8.00. The summed E-state index contributed by atoms with van der Waals surface area (Å²) in [4.78, 5) is 12.3. The molecule has 0 aliphatic rings. The molecule has 3 rings (SSSR count). The maximum Gasteiger partial charge on any atom is 0.418 e. The van der Waals surface area contributed by atoms with Crippen LogP contribution in [-0.4, -0.2) is 24.7 Å². The van der Waals surface area contributed by atoms with Crippen molar-refractivity contribution in [3.05, 3.63) is 54.2 Å². The van der Waals surface area contributed by atoms with Crippen molar-refractivity contribution in [2.75, 3.05) is 19.5 Å². The van der Waals surface area contributed by atoms with Gasteiger partial charge in [-0.2, -0.15) is 13.2 Å². The van der Waals surface area contributed by atoms with E-state index in [4.69, 9.17) is 9.47 Å². The molecule has 142 valence electrons. The fourth-order valence-electron chi connectivity index (χ4n) is 2.85. The lowest BCUT2D eigenvalue weighted by molar-refractivity contribution is -0.137. The topological polar surface area (TPSA) is 52.5 Å². The first kappa shape index (κ1) is 18.6. The maximum atomic E-state index is 13.1. The summed E-state index contributed by atoms with van der Waals surface area (Å²) in [6, 6.07) is 10.1. The standard InChI is InChI=1S/C19H17F3N2O3/c1-26-12-9-16-13(17(10-12)27-2)7-8-24(16)11-18(25)23-15-6-4-3-5-14(15)19(20,21)22/h3-10H,11H2,1-2H3,(H,23,25). The van der Waals surface area contributed by atoms with Gasteiger partial charge in [0.2, 0.25) is 5.91 Å². The number of aromatic nitrogens is 1. The summed E-state index contributed by atoms with van der Waals surface area (Å²) in [6.07, 6.45) is -2.88. The Morgan fingerprint density at radius 2 is 1.85 bits per heavy atom. The number of hydrogen-bond acceptors (Lipinski definition) is 3. The van der Waals surface area contributed by atoms with Gasteiger partial charge in [0.1, 0.15) is 18.0 Å². The van der Waals surface area contributed by atoms with Gasteiger partial charge in [-0.25, -0.2) is 0 Å². The fraction of sp³-hybridized carbons (Fsp3) is 0.211. The number of nitrogens with one attached hydrogen (secondary N) is 1. The predicted octanol–water partition coefficient (Wildman–Crippen LogP) is 4.32. The number of methoxy groups -OCH3 is 2. The third kappa shape index (κ3) is 3.84. The van der Waals surface area contributed by atoms with Crippen LogP contribution in [0.3, 0.4) is 0 Å². The molecular formula is C19H17F3N2O3. The van der Waals surface area contributed by atoms with E-state index >= 15 is 0 Å². The van der Waals surface area contributed by atoms with Crippen LogP contribution in [0.5, 0.6) is 11.5 Å². The summed E-state index contributed by atoms with van der Waals surface area (Å²) in [5.41, 5.74) is -0.494. The Bertz CT molecular complexity index is 980. The average Bonchev–Trinajstić information content (AvgIpc) is 3.03. The lowest BCUT2D eigenvalue weighted by atomic mass is 10.1. The lowest BCUT2D eigenvalue weighted by Gasteiger charge is -2.14. The predicted molar refractivity (Wildman–Crippen MR) is 95.1 cm³/mol. The van der Waals surface area contributed by atoms with Crippen LogP contribution in [0.25, 0.3) is 10.9 Å². The summed E-state index contributed by atoms with van der Waals surface area (Å²) in [5.74, 6) is 0.541. The molecule has 0 fully saturated rings. The van der Waals surface area contributed by atoms with Crippen LogP contribution >= 0.6 is 0 Å². The van der Waals surface area contributed by atoms with Crippen LogP contribution in [0.2, 0.25) is 0 Å². The van der Waals surface area contributed by atoms with Gasteiger partial charge in [0.15, 0.2) is 0 Å². The molecule has 0 aliphatic heterocycles. The third-order valence-corrected chi connectivity index (χ3v) is 4.10. The van der Waals surface area contributed by atoms with Crippen molar-refractivity contribution >= 4 is 22.5 Å². The molecule has 0 radical (unpaired) electrons. The highest BCUT2D eigenvalue weighted by atomic mass is 19.4. The molecule has 27 heavy (non-hydrogen) atoms. The minimum Gasteiger partial charge on any atom is -0.497 e. The molecule has 0 spiro atoms. The number of rotatable bonds is 5. The Morgan fingerprint density at radius 3 is 2.52 bits per heavy atom. The number of carbonyl (C=O) groups is 1. The SMILES string of the molecule is COc1cc(OC)c2ccn(CC(=O)Nc3ccccc3C(F)(F)F)c2c1. The Morgan fingerprint density at radius 1 is 1.11 bits per heavy atom. The van der Waals surface area contributed by atoms with Crippen LogP contribution < -0.4 is 14.8 Å². The number of nitrogens with zero attached hydrogens (tertiary/aromatic N) is 1. The average molecular weight is 378 g/mol. The molecule has 1 heterocycles. The molecule has 1 N–H and O–H groups in total. The number of fused-ring (bicyclic) bond motifs is 1. The van der Waals surface area contributed by atoms with Crippen LogP contribution in [-0.2, 0) is 17.5 Å². The number of amides is 1. The number of alkyl halides is 3. The molecule has 0 saturated carbocycles. The zero-order chi connectivity index (χ0) is 19.6. The van der Waals surface area contributed by atoms with E-state index in [-0.39, 0.29) is 12.2 Å². The molecule has 5 nitrogen and oxygen atoms in total. The van der Waals surface area contributed by atoms with Crippen molar-refractivity contribution < 1.29 is 27.4 Å². The van der Waals surface area contributed by atoms with Crippen molar-refractivity contribution in [1.29, 1.82) is 0 Å². The summed E-state index contributed by atoms with van der Waals surface area (Å²) in [7, 11) is 3.03. The third-order valence-electron chi connectivity index (χ3n) is 4.10. The normalized spacial score (nSPS) is 11.4. The van der Waals surface area contributed by atoms with E-state index in [0.29, 0.717) is 17.0 Å². The van der Waals surface area contributed by atoms with E-state index < -0.39 is 17.6 Å².